The summed E-state index contributed by atoms with van der Waals surface area (Å²) in [5.74, 6) is 0.612. The molecule has 154 valence electrons. The highest BCUT2D eigenvalue weighted by Crippen LogP contribution is 2.33. The summed E-state index contributed by atoms with van der Waals surface area (Å²) < 4.78 is 0. The molecule has 0 aliphatic carbocycles. The Kier molecular flexibility index (Phi) is 6.34. The zero-order valence-electron chi connectivity index (χ0n) is 17.6. The molecule has 0 bridgehead atoms. The Labute approximate surface area is 174 Å². The van der Waals surface area contributed by atoms with Gasteiger partial charge in [0, 0.05) is 36.7 Å². The van der Waals surface area contributed by atoms with Gasteiger partial charge in [-0.3, -0.25) is 4.90 Å². The molecule has 1 saturated heterocycles. The minimum atomic E-state index is -0.309. The number of hydrogen-bond donors (Lipinski definition) is 2. The van der Waals surface area contributed by atoms with E-state index in [1.807, 2.05) is 6.07 Å². The molecule has 3 aromatic rings. The largest absolute Gasteiger partial charge is 0.390 e. The fraction of sp³-hybridized carbons (Fsp3) is 0.440. The predicted octanol–water partition coefficient (Wildman–Crippen LogP) is 4.15. The second kappa shape index (κ2) is 9.12. The zero-order valence-corrected chi connectivity index (χ0v) is 17.6. The topological polar surface area (TPSA) is 42.5 Å². The van der Waals surface area contributed by atoms with Gasteiger partial charge in [0.15, 0.2) is 0 Å². The molecular weight excluding hydrogens is 358 g/mol. The second-order valence-corrected chi connectivity index (χ2v) is 8.70. The van der Waals surface area contributed by atoms with Crippen molar-refractivity contribution >= 4 is 10.9 Å². The van der Waals surface area contributed by atoms with Crippen molar-refractivity contribution in [1.29, 1.82) is 0 Å². The Morgan fingerprint density at radius 2 is 1.90 bits per heavy atom. The lowest BCUT2D eigenvalue weighted by Gasteiger charge is -2.34. The number of benzene rings is 2. The monoisotopic (exact) mass is 391 g/mol. The zero-order chi connectivity index (χ0) is 20.2. The number of aliphatic hydroxyl groups is 1. The number of aromatic amines is 1. The number of likely N-dealkylation sites (N-methyl/N-ethyl adjacent to an activating group) is 1. The number of hydrogen-bond acceptors (Lipinski definition) is 3. The molecule has 1 aliphatic rings. The first-order valence-corrected chi connectivity index (χ1v) is 10.8. The lowest BCUT2D eigenvalue weighted by atomic mass is 9.89. The number of likely N-dealkylation sites (tertiary alicyclic amines) is 1. The van der Waals surface area contributed by atoms with E-state index in [1.54, 1.807) is 0 Å². The molecule has 2 N–H and O–H groups in total. The minimum absolute atomic E-state index is 0.309. The van der Waals surface area contributed by atoms with Crippen molar-refractivity contribution in [2.24, 2.45) is 0 Å². The number of piperidine rings is 1. The smallest absolute Gasteiger partial charge is 0.0793 e. The van der Waals surface area contributed by atoms with Crippen LogP contribution < -0.4 is 0 Å². The average molecular weight is 392 g/mol. The van der Waals surface area contributed by atoms with Crippen LogP contribution in [0.1, 0.15) is 35.4 Å². The van der Waals surface area contributed by atoms with Gasteiger partial charge in [-0.25, -0.2) is 0 Å². The summed E-state index contributed by atoms with van der Waals surface area (Å²) in [6.07, 6.45) is 4.22. The van der Waals surface area contributed by atoms with Gasteiger partial charge in [0.25, 0.3) is 0 Å². The summed E-state index contributed by atoms with van der Waals surface area (Å²) in [6, 6.07) is 17.2. The van der Waals surface area contributed by atoms with E-state index >= 15 is 0 Å². The maximum absolute atomic E-state index is 10.6. The third kappa shape index (κ3) is 5.08. The van der Waals surface area contributed by atoms with Crippen LogP contribution in [0.4, 0.5) is 0 Å². The van der Waals surface area contributed by atoms with Crippen molar-refractivity contribution in [3.8, 4) is 0 Å². The van der Waals surface area contributed by atoms with E-state index < -0.39 is 0 Å². The number of nitrogens with one attached hydrogen (secondary N) is 1. The summed E-state index contributed by atoms with van der Waals surface area (Å²) >= 11 is 0. The SMILES string of the molecule is Cc1ccc2c(C3CCN(CC(O)CN(C)Cc4ccccc4)CC3)c[nH]c2c1. The fourth-order valence-corrected chi connectivity index (χ4v) is 4.70. The normalized spacial score (nSPS) is 17.2. The number of H-pyrrole nitrogens is 1. The van der Waals surface area contributed by atoms with Crippen LogP contribution in [0.3, 0.4) is 0 Å². The summed E-state index contributed by atoms with van der Waals surface area (Å²) in [5, 5.41) is 12.0. The van der Waals surface area contributed by atoms with Gasteiger partial charge in [-0.05, 0) is 68.6 Å². The van der Waals surface area contributed by atoms with Crippen LogP contribution >= 0.6 is 0 Å². The van der Waals surface area contributed by atoms with Gasteiger partial charge in [0.1, 0.15) is 0 Å². The number of aliphatic hydroxyl groups excluding tert-OH is 1. The molecule has 2 heterocycles. The molecule has 29 heavy (non-hydrogen) atoms. The molecule has 0 amide bonds. The number of nitrogens with zero attached hydrogens (tertiary/aromatic N) is 2. The lowest BCUT2D eigenvalue weighted by molar-refractivity contribution is 0.0699. The maximum Gasteiger partial charge on any atom is 0.0793 e. The third-order valence-corrected chi connectivity index (χ3v) is 6.18. The molecule has 4 heteroatoms. The first kappa shape index (κ1) is 20.1. The molecule has 2 aromatic carbocycles. The fourth-order valence-electron chi connectivity index (χ4n) is 4.70. The van der Waals surface area contributed by atoms with E-state index in [9.17, 15) is 5.11 Å². The number of aromatic nitrogens is 1. The lowest BCUT2D eigenvalue weighted by Crippen LogP contribution is -2.42. The summed E-state index contributed by atoms with van der Waals surface area (Å²) in [7, 11) is 2.08. The third-order valence-electron chi connectivity index (χ3n) is 6.18. The van der Waals surface area contributed by atoms with Crippen molar-refractivity contribution in [1.82, 2.24) is 14.8 Å². The first-order valence-electron chi connectivity index (χ1n) is 10.8. The Hall–Kier alpha value is -2.14. The first-order chi connectivity index (χ1) is 14.1. The van der Waals surface area contributed by atoms with E-state index in [0.717, 1.165) is 39.0 Å². The molecule has 0 radical (unpaired) electrons. The number of rotatable bonds is 7. The Morgan fingerprint density at radius 3 is 2.66 bits per heavy atom. The van der Waals surface area contributed by atoms with Crippen LogP contribution in [0.25, 0.3) is 10.9 Å². The highest BCUT2D eigenvalue weighted by molar-refractivity contribution is 5.84. The number of aryl methyl sites for hydroxylation is 1. The second-order valence-electron chi connectivity index (χ2n) is 8.70. The van der Waals surface area contributed by atoms with Gasteiger partial charge in [0.2, 0.25) is 0 Å². The standard InChI is InChI=1S/C25H33N3O/c1-19-8-9-23-24(15-26-25(23)14-19)21-10-12-28(13-11-21)18-22(29)17-27(2)16-20-6-4-3-5-7-20/h3-9,14-15,21-22,26,29H,10-13,16-18H2,1-2H3. The van der Waals surface area contributed by atoms with Crippen LogP contribution in [0, 0.1) is 6.92 Å². The highest BCUT2D eigenvalue weighted by Gasteiger charge is 2.24. The van der Waals surface area contributed by atoms with E-state index in [2.05, 4.69) is 77.4 Å². The van der Waals surface area contributed by atoms with Crippen LogP contribution in [-0.2, 0) is 6.54 Å². The summed E-state index contributed by atoms with van der Waals surface area (Å²) in [6.45, 7) is 6.60. The molecule has 1 atom stereocenters. The van der Waals surface area contributed by atoms with Gasteiger partial charge in [-0.15, -0.1) is 0 Å². The van der Waals surface area contributed by atoms with E-state index in [0.29, 0.717) is 12.5 Å². The quantitative estimate of drug-likeness (QED) is 0.636. The molecule has 1 unspecified atom stereocenters. The number of fused-ring (bicyclic) bond motifs is 1. The van der Waals surface area contributed by atoms with Crippen LogP contribution in [0.15, 0.2) is 54.7 Å². The van der Waals surface area contributed by atoms with E-state index in [-0.39, 0.29) is 6.10 Å². The highest BCUT2D eigenvalue weighted by atomic mass is 16.3. The van der Waals surface area contributed by atoms with Crippen molar-refractivity contribution < 1.29 is 5.11 Å². The molecular formula is C25H33N3O. The predicted molar refractivity (Wildman–Crippen MR) is 120 cm³/mol. The molecule has 4 rings (SSSR count). The Morgan fingerprint density at radius 1 is 1.14 bits per heavy atom. The van der Waals surface area contributed by atoms with E-state index in [4.69, 9.17) is 0 Å². The average Bonchev–Trinajstić information content (AvgIpc) is 3.12. The molecule has 1 aromatic heterocycles. The van der Waals surface area contributed by atoms with Gasteiger partial charge in [0.05, 0.1) is 6.10 Å². The van der Waals surface area contributed by atoms with Crippen molar-refractivity contribution in [3.63, 3.8) is 0 Å². The Bertz CT molecular complexity index is 912. The van der Waals surface area contributed by atoms with Crippen LogP contribution in [0.5, 0.6) is 0 Å². The van der Waals surface area contributed by atoms with Crippen LogP contribution in [0.2, 0.25) is 0 Å². The van der Waals surface area contributed by atoms with Gasteiger partial charge in [-0.2, -0.15) is 0 Å². The van der Waals surface area contributed by atoms with E-state index in [1.165, 1.54) is 27.6 Å². The summed E-state index contributed by atoms with van der Waals surface area (Å²) in [4.78, 5) is 8.09. The molecule has 1 aliphatic heterocycles. The minimum Gasteiger partial charge on any atom is -0.390 e. The maximum atomic E-state index is 10.6. The van der Waals surface area contributed by atoms with Crippen molar-refractivity contribution in [2.45, 2.75) is 38.3 Å². The number of β-amino-alcohol motifs (C(OH)–C–C–N with tert-alkyl or cyclic N) is 1. The van der Waals surface area contributed by atoms with Crippen molar-refractivity contribution in [2.75, 3.05) is 33.2 Å². The molecule has 1 fully saturated rings. The Balaban J connectivity index is 1.26. The van der Waals surface area contributed by atoms with Gasteiger partial charge < -0.3 is 15.0 Å². The van der Waals surface area contributed by atoms with Crippen LogP contribution in [-0.4, -0.2) is 59.2 Å². The molecule has 4 nitrogen and oxygen atoms in total. The molecule has 0 spiro atoms. The van der Waals surface area contributed by atoms with Gasteiger partial charge >= 0.3 is 0 Å². The van der Waals surface area contributed by atoms with Crippen molar-refractivity contribution in [3.05, 3.63) is 71.4 Å². The van der Waals surface area contributed by atoms with Gasteiger partial charge in [-0.1, -0.05) is 42.5 Å². The summed E-state index contributed by atoms with van der Waals surface area (Å²) in [5.41, 5.74) is 5.30. The molecule has 0 saturated carbocycles.